The topological polar surface area (TPSA) is 78.5 Å². The molecule has 4 atom stereocenters. The van der Waals surface area contributed by atoms with E-state index in [2.05, 4.69) is 24.5 Å². The number of imide groups is 1. The van der Waals surface area contributed by atoms with E-state index in [0.29, 0.717) is 35.2 Å². The Morgan fingerprint density at radius 1 is 1.21 bits per heavy atom. The van der Waals surface area contributed by atoms with Crippen molar-refractivity contribution < 1.29 is 14.4 Å². The fourth-order valence-corrected chi connectivity index (χ4v) is 5.25. The number of hydrogen-bond acceptors (Lipinski definition) is 4. The number of likely N-dealkylation sites (tertiary alicyclic amines) is 1. The van der Waals surface area contributed by atoms with Gasteiger partial charge in [0.15, 0.2) is 0 Å². The van der Waals surface area contributed by atoms with Gasteiger partial charge >= 0.3 is 0 Å². The fraction of sp³-hybridized carbons (Fsp3) is 0.571. The van der Waals surface area contributed by atoms with E-state index in [1.54, 1.807) is 18.2 Å². The monoisotopic (exact) mass is 403 g/mol. The van der Waals surface area contributed by atoms with Crippen molar-refractivity contribution in [2.75, 3.05) is 11.9 Å². The molecule has 28 heavy (non-hydrogen) atoms. The minimum absolute atomic E-state index is 0.151. The summed E-state index contributed by atoms with van der Waals surface area (Å²) < 4.78 is 0. The third-order valence-corrected chi connectivity index (χ3v) is 6.46. The van der Waals surface area contributed by atoms with Gasteiger partial charge in [-0.3, -0.25) is 24.6 Å². The highest BCUT2D eigenvalue weighted by atomic mass is 35.5. The average Bonchev–Trinajstić information content (AvgIpc) is 3.19. The van der Waals surface area contributed by atoms with E-state index < -0.39 is 17.4 Å². The van der Waals surface area contributed by atoms with Crippen LogP contribution in [0.3, 0.4) is 0 Å². The lowest BCUT2D eigenvalue weighted by atomic mass is 9.76. The van der Waals surface area contributed by atoms with E-state index in [1.165, 1.54) is 4.90 Å². The summed E-state index contributed by atoms with van der Waals surface area (Å²) in [6.07, 6.45) is 2.37. The van der Waals surface area contributed by atoms with E-state index in [1.807, 2.05) is 6.92 Å². The van der Waals surface area contributed by atoms with Crippen molar-refractivity contribution in [3.05, 3.63) is 28.8 Å². The van der Waals surface area contributed by atoms with Crippen molar-refractivity contribution in [2.45, 2.75) is 51.6 Å². The quantitative estimate of drug-likeness (QED) is 0.741. The van der Waals surface area contributed by atoms with Crippen LogP contribution in [0.15, 0.2) is 18.2 Å². The van der Waals surface area contributed by atoms with Crippen molar-refractivity contribution in [1.29, 1.82) is 0 Å². The molecule has 0 bridgehead atoms. The van der Waals surface area contributed by atoms with Gasteiger partial charge in [0.2, 0.25) is 17.7 Å². The third-order valence-electron chi connectivity index (χ3n) is 6.23. The lowest BCUT2D eigenvalue weighted by Gasteiger charge is -2.30. The van der Waals surface area contributed by atoms with Crippen LogP contribution >= 0.6 is 11.6 Å². The largest absolute Gasteiger partial charge is 0.324 e. The van der Waals surface area contributed by atoms with Crippen LogP contribution in [-0.4, -0.2) is 35.2 Å². The van der Waals surface area contributed by atoms with Gasteiger partial charge < -0.3 is 5.32 Å². The molecule has 3 heterocycles. The summed E-state index contributed by atoms with van der Waals surface area (Å²) in [7, 11) is 0. The maximum atomic E-state index is 13.4. The van der Waals surface area contributed by atoms with Gasteiger partial charge in [-0.2, -0.15) is 0 Å². The molecule has 0 unspecified atom stereocenters. The first-order valence-corrected chi connectivity index (χ1v) is 10.4. The van der Waals surface area contributed by atoms with Crippen molar-refractivity contribution in [3.63, 3.8) is 0 Å². The first-order chi connectivity index (χ1) is 13.3. The zero-order valence-corrected chi connectivity index (χ0v) is 17.2. The van der Waals surface area contributed by atoms with Crippen LogP contribution in [0, 0.1) is 17.8 Å². The van der Waals surface area contributed by atoms with Crippen LogP contribution in [-0.2, 0) is 19.9 Å². The molecular weight excluding hydrogens is 378 g/mol. The van der Waals surface area contributed by atoms with Gasteiger partial charge in [0.1, 0.15) is 5.54 Å². The summed E-state index contributed by atoms with van der Waals surface area (Å²) in [5.41, 5.74) is 0.0842. The molecule has 2 N–H and O–H groups in total. The molecule has 2 fully saturated rings. The Labute approximate surface area is 170 Å². The molecular formula is C21H26ClN3O3. The predicted molar refractivity (Wildman–Crippen MR) is 107 cm³/mol. The maximum Gasteiger partial charge on any atom is 0.250 e. The summed E-state index contributed by atoms with van der Waals surface area (Å²) in [4.78, 5) is 41.2. The number of amides is 3. The van der Waals surface area contributed by atoms with Crippen LogP contribution in [0.1, 0.15) is 45.6 Å². The molecule has 6 nitrogen and oxygen atoms in total. The summed E-state index contributed by atoms with van der Waals surface area (Å²) >= 11 is 6.23. The number of rotatable bonds is 5. The first-order valence-electron chi connectivity index (χ1n) is 10.1. The molecule has 1 aromatic carbocycles. The highest BCUT2D eigenvalue weighted by molar-refractivity contribution is 6.31. The number of unbranched alkanes of at least 4 members (excludes halogenated alkanes) is 1. The van der Waals surface area contributed by atoms with Crippen molar-refractivity contribution in [1.82, 2.24) is 10.2 Å². The molecule has 0 aromatic heterocycles. The molecule has 4 rings (SSSR count). The molecule has 3 aliphatic rings. The van der Waals surface area contributed by atoms with Gasteiger partial charge in [-0.25, -0.2) is 0 Å². The van der Waals surface area contributed by atoms with Crippen molar-refractivity contribution in [3.8, 4) is 0 Å². The number of benzene rings is 1. The zero-order valence-electron chi connectivity index (χ0n) is 16.4. The van der Waals surface area contributed by atoms with Gasteiger partial charge in [0.05, 0.1) is 11.8 Å². The molecule has 2 saturated heterocycles. The molecule has 1 aromatic rings. The minimum Gasteiger partial charge on any atom is -0.324 e. The van der Waals surface area contributed by atoms with Gasteiger partial charge in [0, 0.05) is 28.9 Å². The van der Waals surface area contributed by atoms with Crippen LogP contribution in [0.2, 0.25) is 5.02 Å². The Morgan fingerprint density at radius 3 is 2.64 bits per heavy atom. The van der Waals surface area contributed by atoms with Crippen LogP contribution < -0.4 is 10.6 Å². The number of carbonyl (C=O) groups excluding carboxylic acids is 3. The number of anilines is 1. The van der Waals surface area contributed by atoms with E-state index >= 15 is 0 Å². The van der Waals surface area contributed by atoms with Gasteiger partial charge in [-0.15, -0.1) is 0 Å². The number of fused-ring (bicyclic) bond motifs is 4. The van der Waals surface area contributed by atoms with Gasteiger partial charge in [0.25, 0.3) is 0 Å². The van der Waals surface area contributed by atoms with Gasteiger partial charge in [-0.1, -0.05) is 38.8 Å². The lowest BCUT2D eigenvalue weighted by Crippen LogP contribution is -2.53. The normalized spacial score (nSPS) is 31.1. The highest BCUT2D eigenvalue weighted by Crippen LogP contribution is 2.54. The zero-order chi connectivity index (χ0) is 20.2. The number of halogens is 1. The predicted octanol–water partition coefficient (Wildman–Crippen LogP) is 2.91. The molecule has 3 amide bonds. The second-order valence-corrected chi connectivity index (χ2v) is 8.95. The van der Waals surface area contributed by atoms with E-state index in [0.717, 1.165) is 12.8 Å². The summed E-state index contributed by atoms with van der Waals surface area (Å²) in [5.74, 6) is -1.61. The second-order valence-electron chi connectivity index (χ2n) is 8.52. The van der Waals surface area contributed by atoms with Gasteiger partial charge in [-0.05, 0) is 37.0 Å². The smallest absolute Gasteiger partial charge is 0.250 e. The van der Waals surface area contributed by atoms with Crippen molar-refractivity contribution >= 4 is 35.0 Å². The molecule has 0 saturated carbocycles. The van der Waals surface area contributed by atoms with Crippen LogP contribution in [0.25, 0.3) is 0 Å². The first kappa shape index (κ1) is 19.4. The Morgan fingerprint density at radius 2 is 1.96 bits per heavy atom. The van der Waals surface area contributed by atoms with E-state index in [-0.39, 0.29) is 23.8 Å². The SMILES string of the molecule is CCCCN1C(=O)[C@@H]2[C@H](CC(C)C)N[C@@]3(C(=O)Nc4ccc(Cl)cc43)[C@H]2C1=O. The maximum absolute atomic E-state index is 13.4. The summed E-state index contributed by atoms with van der Waals surface area (Å²) in [6.45, 7) is 6.60. The second kappa shape index (κ2) is 6.85. The number of carbonyl (C=O) groups is 3. The molecule has 7 heteroatoms. The highest BCUT2D eigenvalue weighted by Gasteiger charge is 2.70. The summed E-state index contributed by atoms with van der Waals surface area (Å²) in [5, 5.41) is 6.83. The molecule has 3 aliphatic heterocycles. The fourth-order valence-electron chi connectivity index (χ4n) is 5.08. The lowest BCUT2D eigenvalue weighted by molar-refractivity contribution is -0.142. The molecule has 0 aliphatic carbocycles. The molecule has 0 radical (unpaired) electrons. The molecule has 1 spiro atoms. The number of hydrogen-bond donors (Lipinski definition) is 2. The standard InChI is InChI=1S/C21H26ClN3O3/c1-4-5-8-25-18(26)16-15(9-11(2)3)24-21(17(16)19(25)27)13-10-12(22)6-7-14(13)23-20(21)28/h6-7,10-11,15-17,24H,4-5,8-9H2,1-3H3,(H,23,28)/t15-,16+,17+,21+/m0/s1. The minimum atomic E-state index is -1.24. The Hall–Kier alpha value is -1.92. The summed E-state index contributed by atoms with van der Waals surface area (Å²) in [6, 6.07) is 4.98. The Balaban J connectivity index is 1.84. The van der Waals surface area contributed by atoms with E-state index in [4.69, 9.17) is 11.6 Å². The Bertz CT molecular complexity index is 855. The number of nitrogens with one attached hydrogen (secondary N) is 2. The third kappa shape index (κ3) is 2.61. The van der Waals surface area contributed by atoms with Crippen LogP contribution in [0.4, 0.5) is 5.69 Å². The average molecular weight is 404 g/mol. The van der Waals surface area contributed by atoms with E-state index in [9.17, 15) is 14.4 Å². The Kier molecular flexibility index (Phi) is 4.74. The van der Waals surface area contributed by atoms with Crippen LogP contribution in [0.5, 0.6) is 0 Å². The number of nitrogens with zero attached hydrogens (tertiary/aromatic N) is 1. The molecule has 150 valence electrons. The van der Waals surface area contributed by atoms with Crippen molar-refractivity contribution in [2.24, 2.45) is 17.8 Å².